The van der Waals surface area contributed by atoms with Crippen molar-refractivity contribution in [2.45, 2.75) is 0 Å². The first-order valence-corrected chi connectivity index (χ1v) is 3.18. The van der Waals surface area contributed by atoms with E-state index in [1.54, 1.807) is 11.9 Å². The molecule has 0 bridgehead atoms. The minimum absolute atomic E-state index is 0.121. The molecule has 1 aliphatic heterocycles. The highest BCUT2D eigenvalue weighted by Gasteiger charge is 2.27. The molecule has 0 aliphatic carbocycles. The molecular formula is C8H7NO. The lowest BCUT2D eigenvalue weighted by Gasteiger charge is -2.29. The monoisotopic (exact) mass is 133 g/mol. The Morgan fingerprint density at radius 1 is 1.30 bits per heavy atom. The van der Waals surface area contributed by atoms with Gasteiger partial charge in [0.15, 0.2) is 0 Å². The van der Waals surface area contributed by atoms with Crippen LogP contribution in [0.1, 0.15) is 10.4 Å². The van der Waals surface area contributed by atoms with Crippen molar-refractivity contribution >= 4 is 11.6 Å². The molecule has 1 aliphatic rings. The second kappa shape index (κ2) is 1.59. The number of amides is 1. The van der Waals surface area contributed by atoms with Crippen molar-refractivity contribution in [2.24, 2.45) is 0 Å². The summed E-state index contributed by atoms with van der Waals surface area (Å²) in [5, 5.41) is 0. The fourth-order valence-electron chi connectivity index (χ4n) is 1.18. The number of benzene rings is 1. The molecule has 1 amide bonds. The molecule has 1 aromatic rings. The van der Waals surface area contributed by atoms with Gasteiger partial charge in [0.25, 0.3) is 5.91 Å². The van der Waals surface area contributed by atoms with Gasteiger partial charge in [-0.3, -0.25) is 4.79 Å². The average molecular weight is 133 g/mol. The minimum Gasteiger partial charge on any atom is -0.311 e. The van der Waals surface area contributed by atoms with E-state index >= 15 is 0 Å². The lowest BCUT2D eigenvalue weighted by atomic mass is 10.0. The van der Waals surface area contributed by atoms with Crippen LogP contribution in [-0.4, -0.2) is 13.0 Å². The van der Waals surface area contributed by atoms with Crippen molar-refractivity contribution in [1.29, 1.82) is 0 Å². The normalized spacial score (nSPS) is 14.5. The van der Waals surface area contributed by atoms with Crippen LogP contribution in [0.25, 0.3) is 0 Å². The molecule has 2 nitrogen and oxygen atoms in total. The zero-order valence-electron chi connectivity index (χ0n) is 5.66. The summed E-state index contributed by atoms with van der Waals surface area (Å²) in [4.78, 5) is 12.6. The zero-order chi connectivity index (χ0) is 7.14. The van der Waals surface area contributed by atoms with Crippen LogP contribution in [0.2, 0.25) is 0 Å². The number of carbonyl (C=O) groups is 1. The highest BCUT2D eigenvalue weighted by Crippen LogP contribution is 2.29. The van der Waals surface area contributed by atoms with Crippen LogP contribution in [0, 0.1) is 0 Å². The van der Waals surface area contributed by atoms with Gasteiger partial charge in [-0.15, -0.1) is 0 Å². The lowest BCUT2D eigenvalue weighted by molar-refractivity contribution is 0.0973. The Morgan fingerprint density at radius 3 is 2.70 bits per heavy atom. The van der Waals surface area contributed by atoms with E-state index in [0.29, 0.717) is 0 Å². The highest BCUT2D eigenvalue weighted by molar-refractivity contribution is 6.19. The number of anilines is 1. The zero-order valence-corrected chi connectivity index (χ0v) is 5.66. The molecular weight excluding hydrogens is 126 g/mol. The Bertz CT molecular complexity index is 293. The average Bonchev–Trinajstić information content (AvgIpc) is 2.03. The maximum atomic E-state index is 11.0. The van der Waals surface area contributed by atoms with E-state index in [4.69, 9.17) is 0 Å². The quantitative estimate of drug-likeness (QED) is 0.522. The Kier molecular flexibility index (Phi) is 0.873. The van der Waals surface area contributed by atoms with Crippen molar-refractivity contribution in [3.05, 3.63) is 29.8 Å². The highest BCUT2D eigenvalue weighted by atomic mass is 16.2. The molecule has 0 unspecified atom stereocenters. The van der Waals surface area contributed by atoms with Crippen LogP contribution in [0.4, 0.5) is 5.69 Å². The van der Waals surface area contributed by atoms with Crippen LogP contribution in [0.15, 0.2) is 24.3 Å². The number of fused-ring (bicyclic) bond motifs is 1. The van der Waals surface area contributed by atoms with E-state index in [1.807, 2.05) is 24.3 Å². The predicted molar refractivity (Wildman–Crippen MR) is 39.2 cm³/mol. The van der Waals surface area contributed by atoms with Gasteiger partial charge in [-0.2, -0.15) is 0 Å². The van der Waals surface area contributed by atoms with Gasteiger partial charge >= 0.3 is 0 Å². The van der Waals surface area contributed by atoms with Crippen LogP contribution in [0.5, 0.6) is 0 Å². The number of para-hydroxylation sites is 1. The SMILES string of the molecule is CN1C(=O)c2ccccc21. The molecule has 0 saturated heterocycles. The molecule has 0 N–H and O–H groups in total. The number of nitrogens with zero attached hydrogens (tertiary/aromatic N) is 1. The maximum Gasteiger partial charge on any atom is 0.260 e. The van der Waals surface area contributed by atoms with Crippen molar-refractivity contribution in [3.63, 3.8) is 0 Å². The summed E-state index contributed by atoms with van der Waals surface area (Å²) >= 11 is 0. The molecule has 10 heavy (non-hydrogen) atoms. The van der Waals surface area contributed by atoms with Gasteiger partial charge in [0, 0.05) is 7.05 Å². The van der Waals surface area contributed by atoms with Crippen LogP contribution < -0.4 is 4.90 Å². The van der Waals surface area contributed by atoms with Gasteiger partial charge in [0.05, 0.1) is 11.3 Å². The topological polar surface area (TPSA) is 20.3 Å². The minimum atomic E-state index is 0.121. The number of carbonyl (C=O) groups excluding carboxylic acids is 1. The van der Waals surface area contributed by atoms with Gasteiger partial charge in [0.2, 0.25) is 0 Å². The summed E-state index contributed by atoms with van der Waals surface area (Å²) in [6.45, 7) is 0. The van der Waals surface area contributed by atoms with Gasteiger partial charge in [0.1, 0.15) is 0 Å². The lowest BCUT2D eigenvalue weighted by Crippen LogP contribution is -2.36. The summed E-state index contributed by atoms with van der Waals surface area (Å²) in [5.74, 6) is 0.121. The van der Waals surface area contributed by atoms with Crippen LogP contribution >= 0.6 is 0 Å². The Hall–Kier alpha value is -1.31. The van der Waals surface area contributed by atoms with E-state index in [9.17, 15) is 4.79 Å². The molecule has 1 heterocycles. The Morgan fingerprint density at radius 2 is 2.00 bits per heavy atom. The standard InChI is InChI=1S/C8H7NO/c1-9-7-5-3-2-4-6(7)8(9)10/h2-5H,1H3. The number of hydrogen-bond acceptors (Lipinski definition) is 1. The smallest absolute Gasteiger partial charge is 0.260 e. The second-order valence-corrected chi connectivity index (χ2v) is 2.38. The summed E-state index contributed by atoms with van der Waals surface area (Å²) in [5.41, 5.74) is 1.87. The first-order valence-electron chi connectivity index (χ1n) is 3.18. The molecule has 0 saturated carbocycles. The number of hydrogen-bond donors (Lipinski definition) is 0. The third-order valence-electron chi connectivity index (χ3n) is 1.80. The maximum absolute atomic E-state index is 11.0. The van der Waals surface area contributed by atoms with E-state index in [-0.39, 0.29) is 5.91 Å². The summed E-state index contributed by atoms with van der Waals surface area (Å²) < 4.78 is 0. The van der Waals surface area contributed by atoms with Crippen LogP contribution in [-0.2, 0) is 0 Å². The predicted octanol–water partition coefficient (Wildman–Crippen LogP) is 1.28. The molecule has 2 rings (SSSR count). The Balaban J connectivity index is 2.60. The fourth-order valence-corrected chi connectivity index (χ4v) is 1.18. The summed E-state index contributed by atoms with van der Waals surface area (Å²) in [7, 11) is 1.78. The largest absolute Gasteiger partial charge is 0.311 e. The van der Waals surface area contributed by atoms with E-state index in [0.717, 1.165) is 11.3 Å². The molecule has 0 radical (unpaired) electrons. The summed E-state index contributed by atoms with van der Waals surface area (Å²) in [6.07, 6.45) is 0. The van der Waals surface area contributed by atoms with Crippen molar-refractivity contribution in [2.75, 3.05) is 11.9 Å². The molecule has 0 spiro atoms. The molecule has 2 heteroatoms. The van der Waals surface area contributed by atoms with Crippen LogP contribution in [0.3, 0.4) is 0 Å². The second-order valence-electron chi connectivity index (χ2n) is 2.38. The van der Waals surface area contributed by atoms with Gasteiger partial charge in [-0.25, -0.2) is 0 Å². The van der Waals surface area contributed by atoms with Gasteiger partial charge in [-0.1, -0.05) is 12.1 Å². The molecule has 0 fully saturated rings. The van der Waals surface area contributed by atoms with E-state index in [2.05, 4.69) is 0 Å². The van der Waals surface area contributed by atoms with Crippen molar-refractivity contribution < 1.29 is 4.79 Å². The van der Waals surface area contributed by atoms with E-state index < -0.39 is 0 Å². The number of rotatable bonds is 0. The van der Waals surface area contributed by atoms with Gasteiger partial charge in [-0.05, 0) is 12.1 Å². The molecule has 1 aromatic carbocycles. The first-order chi connectivity index (χ1) is 4.80. The molecule has 50 valence electrons. The first kappa shape index (κ1) is 5.47. The van der Waals surface area contributed by atoms with Crippen molar-refractivity contribution in [1.82, 2.24) is 0 Å². The Labute approximate surface area is 59.1 Å². The van der Waals surface area contributed by atoms with Gasteiger partial charge < -0.3 is 4.90 Å². The fraction of sp³-hybridized carbons (Fsp3) is 0.125. The summed E-state index contributed by atoms with van der Waals surface area (Å²) in [6, 6.07) is 7.60. The third-order valence-corrected chi connectivity index (χ3v) is 1.80. The third kappa shape index (κ3) is 0.460. The molecule has 0 aromatic heterocycles. The van der Waals surface area contributed by atoms with Crippen molar-refractivity contribution in [3.8, 4) is 0 Å². The molecule has 0 atom stereocenters. The van der Waals surface area contributed by atoms with E-state index in [1.165, 1.54) is 0 Å².